The molecule has 0 aliphatic carbocycles. The highest BCUT2D eigenvalue weighted by Gasteiger charge is 2.24. The largest absolute Gasteiger partial charge is 0.464 e. The zero-order valence-corrected chi connectivity index (χ0v) is 7.14. The zero-order chi connectivity index (χ0) is 10.7. The van der Waals surface area contributed by atoms with Crippen molar-refractivity contribution in [3.05, 3.63) is 38.3 Å². The molecule has 0 fully saturated rings. The van der Waals surface area contributed by atoms with Crippen LogP contribution in [0.2, 0.25) is 0 Å². The van der Waals surface area contributed by atoms with E-state index in [9.17, 15) is 19.7 Å². The Morgan fingerprint density at radius 1 is 1.64 bits per heavy atom. The first kappa shape index (κ1) is 9.90. The Labute approximate surface area is 77.5 Å². The molecule has 7 nitrogen and oxygen atoms in total. The van der Waals surface area contributed by atoms with Crippen LogP contribution in [0.5, 0.6) is 0 Å². The van der Waals surface area contributed by atoms with Gasteiger partial charge in [-0.25, -0.2) is 4.79 Å². The molecule has 1 aromatic heterocycles. The number of nitrogens with one attached hydrogen (secondary N) is 1. The first-order valence-corrected chi connectivity index (χ1v) is 3.52. The van der Waals surface area contributed by atoms with Gasteiger partial charge in [0.1, 0.15) is 0 Å². The summed E-state index contributed by atoms with van der Waals surface area (Å²) in [5.41, 5.74) is -2.10. The van der Waals surface area contributed by atoms with Crippen molar-refractivity contribution in [2.75, 3.05) is 7.11 Å². The van der Waals surface area contributed by atoms with E-state index in [1.54, 1.807) is 0 Å². The van der Waals surface area contributed by atoms with Gasteiger partial charge in [0, 0.05) is 12.3 Å². The van der Waals surface area contributed by atoms with E-state index >= 15 is 0 Å². The lowest BCUT2D eigenvalue weighted by Crippen LogP contribution is -2.16. The van der Waals surface area contributed by atoms with Gasteiger partial charge in [-0.15, -0.1) is 0 Å². The number of carbonyl (C=O) groups is 1. The molecule has 0 atom stereocenters. The lowest BCUT2D eigenvalue weighted by Gasteiger charge is -1.98. The molecule has 0 amide bonds. The average molecular weight is 198 g/mol. The number of methoxy groups -OCH3 is 1. The van der Waals surface area contributed by atoms with Crippen molar-refractivity contribution < 1.29 is 14.5 Å². The second-order valence-electron chi connectivity index (χ2n) is 2.31. The molecule has 7 heteroatoms. The Kier molecular flexibility index (Phi) is 2.61. The van der Waals surface area contributed by atoms with Crippen molar-refractivity contribution in [1.29, 1.82) is 0 Å². The van der Waals surface area contributed by atoms with E-state index in [4.69, 9.17) is 0 Å². The van der Waals surface area contributed by atoms with Crippen LogP contribution in [0.25, 0.3) is 0 Å². The highest BCUT2D eigenvalue weighted by Crippen LogP contribution is 2.10. The maximum atomic E-state index is 11.0. The molecule has 0 unspecified atom stereocenters. The smallest absolute Gasteiger partial charge is 0.361 e. The summed E-state index contributed by atoms with van der Waals surface area (Å²) in [6.45, 7) is 0. The average Bonchev–Trinajstić information content (AvgIpc) is 2.15. The standard InChI is InChI=1S/C7H6N2O5/c1-14-7(11)5-6(9(12)13)4(10)2-3-8-5/h2-3H,1H3,(H,8,10). The Balaban J connectivity index is 3.43. The molecule has 0 aliphatic heterocycles. The topological polar surface area (TPSA) is 102 Å². The molecule has 0 saturated heterocycles. The Morgan fingerprint density at radius 2 is 2.29 bits per heavy atom. The summed E-state index contributed by atoms with van der Waals surface area (Å²) in [7, 11) is 1.07. The maximum Gasteiger partial charge on any atom is 0.361 e. The molecule has 0 spiro atoms. The number of nitro groups is 1. The van der Waals surface area contributed by atoms with Crippen LogP contribution < -0.4 is 5.43 Å². The monoisotopic (exact) mass is 198 g/mol. The lowest BCUT2D eigenvalue weighted by molar-refractivity contribution is -0.386. The third kappa shape index (κ3) is 1.60. The third-order valence-electron chi connectivity index (χ3n) is 1.50. The SMILES string of the molecule is COC(=O)c1[nH]ccc(=O)c1[N+](=O)[O-]. The van der Waals surface area contributed by atoms with Gasteiger partial charge in [-0.05, 0) is 0 Å². The number of hydrogen-bond donors (Lipinski definition) is 1. The lowest BCUT2D eigenvalue weighted by atomic mass is 10.3. The molecule has 0 bridgehead atoms. The second kappa shape index (κ2) is 3.69. The molecular formula is C7H6N2O5. The minimum Gasteiger partial charge on any atom is -0.464 e. The van der Waals surface area contributed by atoms with E-state index in [2.05, 4.69) is 9.72 Å². The van der Waals surface area contributed by atoms with Crippen molar-refractivity contribution in [1.82, 2.24) is 4.98 Å². The third-order valence-corrected chi connectivity index (χ3v) is 1.50. The van der Waals surface area contributed by atoms with E-state index in [-0.39, 0.29) is 0 Å². The van der Waals surface area contributed by atoms with Gasteiger partial charge in [0.2, 0.25) is 5.69 Å². The van der Waals surface area contributed by atoms with Gasteiger partial charge < -0.3 is 9.72 Å². The van der Waals surface area contributed by atoms with Crippen LogP contribution >= 0.6 is 0 Å². The number of rotatable bonds is 2. The van der Waals surface area contributed by atoms with Crippen LogP contribution in [0, 0.1) is 10.1 Å². The predicted octanol–water partition coefficient (Wildman–Crippen LogP) is 0.0697. The summed E-state index contributed by atoms with van der Waals surface area (Å²) >= 11 is 0. The summed E-state index contributed by atoms with van der Waals surface area (Å²) in [6, 6.07) is 0.963. The maximum absolute atomic E-state index is 11.0. The van der Waals surface area contributed by atoms with Gasteiger partial charge in [0.05, 0.1) is 12.0 Å². The van der Waals surface area contributed by atoms with E-state index < -0.39 is 27.7 Å². The van der Waals surface area contributed by atoms with Crippen LogP contribution in [-0.4, -0.2) is 23.0 Å². The number of ether oxygens (including phenoxy) is 1. The van der Waals surface area contributed by atoms with Gasteiger partial charge in [-0.2, -0.15) is 0 Å². The number of nitrogens with zero attached hydrogens (tertiary/aromatic N) is 1. The Bertz CT molecular complexity index is 436. The fourth-order valence-corrected chi connectivity index (χ4v) is 0.910. The van der Waals surface area contributed by atoms with Gasteiger partial charge in [0.15, 0.2) is 0 Å². The molecule has 14 heavy (non-hydrogen) atoms. The van der Waals surface area contributed by atoms with Crippen LogP contribution in [0.1, 0.15) is 10.5 Å². The van der Waals surface area contributed by atoms with E-state index in [1.807, 2.05) is 0 Å². The first-order chi connectivity index (χ1) is 6.57. The van der Waals surface area contributed by atoms with Gasteiger partial charge in [0.25, 0.3) is 5.43 Å². The fourth-order valence-electron chi connectivity index (χ4n) is 0.910. The highest BCUT2D eigenvalue weighted by molar-refractivity contribution is 5.91. The summed E-state index contributed by atoms with van der Waals surface area (Å²) in [5.74, 6) is -0.950. The van der Waals surface area contributed by atoms with Crippen molar-refractivity contribution in [2.45, 2.75) is 0 Å². The molecule has 1 heterocycles. The van der Waals surface area contributed by atoms with Crippen LogP contribution in [0.15, 0.2) is 17.1 Å². The quantitative estimate of drug-likeness (QED) is 0.411. The molecular weight excluding hydrogens is 192 g/mol. The number of hydrogen-bond acceptors (Lipinski definition) is 5. The zero-order valence-electron chi connectivity index (χ0n) is 7.14. The number of pyridine rings is 1. The minimum absolute atomic E-state index is 0.454. The van der Waals surface area contributed by atoms with E-state index in [0.29, 0.717) is 0 Å². The van der Waals surface area contributed by atoms with E-state index in [0.717, 1.165) is 19.4 Å². The predicted molar refractivity (Wildman–Crippen MR) is 45.1 cm³/mol. The van der Waals surface area contributed by atoms with Crippen molar-refractivity contribution in [2.24, 2.45) is 0 Å². The van der Waals surface area contributed by atoms with Crippen molar-refractivity contribution >= 4 is 11.7 Å². The molecule has 1 rings (SSSR count). The van der Waals surface area contributed by atoms with Crippen molar-refractivity contribution in [3.8, 4) is 0 Å². The molecule has 0 aromatic carbocycles. The van der Waals surface area contributed by atoms with Gasteiger partial charge in [-0.1, -0.05) is 0 Å². The minimum atomic E-state index is -0.950. The normalized spacial score (nSPS) is 9.50. The second-order valence-corrected chi connectivity index (χ2v) is 2.31. The Hall–Kier alpha value is -2.18. The molecule has 74 valence electrons. The number of aromatic amines is 1. The van der Waals surface area contributed by atoms with Gasteiger partial charge in [-0.3, -0.25) is 14.9 Å². The summed E-state index contributed by atoms with van der Waals surface area (Å²) in [6.07, 6.45) is 1.14. The Morgan fingerprint density at radius 3 is 2.79 bits per heavy atom. The first-order valence-electron chi connectivity index (χ1n) is 3.52. The number of aromatic nitrogens is 1. The number of esters is 1. The number of carbonyl (C=O) groups excluding carboxylic acids is 1. The van der Waals surface area contributed by atoms with Gasteiger partial charge >= 0.3 is 11.7 Å². The highest BCUT2D eigenvalue weighted by atomic mass is 16.6. The summed E-state index contributed by atoms with van der Waals surface area (Å²) < 4.78 is 4.27. The molecule has 1 N–H and O–H groups in total. The number of H-pyrrole nitrogens is 1. The molecule has 0 aliphatic rings. The van der Waals surface area contributed by atoms with Crippen LogP contribution in [0.4, 0.5) is 5.69 Å². The van der Waals surface area contributed by atoms with Crippen LogP contribution in [0.3, 0.4) is 0 Å². The van der Waals surface area contributed by atoms with Crippen LogP contribution in [-0.2, 0) is 4.74 Å². The van der Waals surface area contributed by atoms with E-state index in [1.165, 1.54) is 0 Å². The van der Waals surface area contributed by atoms with Crippen molar-refractivity contribution in [3.63, 3.8) is 0 Å². The molecule has 0 saturated carbocycles. The molecule has 0 radical (unpaired) electrons. The summed E-state index contributed by atoms with van der Waals surface area (Å²) in [5, 5.41) is 10.4. The summed E-state index contributed by atoms with van der Waals surface area (Å²) in [4.78, 5) is 33.8. The molecule has 1 aromatic rings. The fraction of sp³-hybridized carbons (Fsp3) is 0.143.